The first-order chi connectivity index (χ1) is 13.6. The van der Waals surface area contributed by atoms with Gasteiger partial charge in [-0.3, -0.25) is 9.36 Å². The molecule has 11 heteroatoms. The Hall–Kier alpha value is -3.01. The van der Waals surface area contributed by atoms with Crippen molar-refractivity contribution in [3.8, 4) is 0 Å². The van der Waals surface area contributed by atoms with Crippen molar-refractivity contribution in [2.45, 2.75) is 32.2 Å². The first kappa shape index (κ1) is 20.7. The third-order valence-electron chi connectivity index (χ3n) is 4.55. The van der Waals surface area contributed by atoms with Crippen molar-refractivity contribution in [1.29, 1.82) is 0 Å². The number of amides is 1. The summed E-state index contributed by atoms with van der Waals surface area (Å²) in [4.78, 5) is 14.3. The van der Waals surface area contributed by atoms with Gasteiger partial charge in [0.2, 0.25) is 5.82 Å². The van der Waals surface area contributed by atoms with Crippen LogP contribution in [0.1, 0.15) is 34.5 Å². The molecule has 0 bridgehead atoms. The summed E-state index contributed by atoms with van der Waals surface area (Å²) >= 11 is 5.97. The second-order valence-corrected chi connectivity index (χ2v) is 6.90. The normalized spacial score (nSPS) is 17.8. The first-order valence-electron chi connectivity index (χ1n) is 8.58. The van der Waals surface area contributed by atoms with Gasteiger partial charge in [0.25, 0.3) is 5.91 Å². The summed E-state index contributed by atoms with van der Waals surface area (Å²) in [5.41, 5.74) is 10.8. The van der Waals surface area contributed by atoms with Gasteiger partial charge in [-0.1, -0.05) is 23.7 Å². The molecule has 29 heavy (non-hydrogen) atoms. The van der Waals surface area contributed by atoms with Crippen molar-refractivity contribution < 1.29 is 18.0 Å². The number of benzene rings is 1. The first-order valence-corrected chi connectivity index (χ1v) is 8.96. The number of hydrogen-bond donors (Lipinski definition) is 2. The van der Waals surface area contributed by atoms with Crippen LogP contribution in [-0.4, -0.2) is 31.6 Å². The Morgan fingerprint density at radius 1 is 1.38 bits per heavy atom. The van der Waals surface area contributed by atoms with Crippen LogP contribution in [0.2, 0.25) is 5.02 Å². The highest BCUT2D eigenvalue weighted by Crippen LogP contribution is 2.37. The number of carbonyl (C=O) groups is 1. The highest BCUT2D eigenvalue weighted by atomic mass is 35.5. The third-order valence-corrected chi connectivity index (χ3v) is 5.00. The molecule has 0 spiro atoms. The maximum absolute atomic E-state index is 13.1. The van der Waals surface area contributed by atoms with Crippen molar-refractivity contribution in [2.24, 2.45) is 11.5 Å². The molecule has 3 rings (SSSR count). The molecule has 1 atom stereocenters. The van der Waals surface area contributed by atoms with Crippen molar-refractivity contribution in [3.05, 3.63) is 64.3 Å². The van der Waals surface area contributed by atoms with E-state index in [1.54, 1.807) is 11.5 Å². The summed E-state index contributed by atoms with van der Waals surface area (Å²) < 4.78 is 40.9. The van der Waals surface area contributed by atoms with Crippen LogP contribution < -0.4 is 11.5 Å². The molecule has 4 N–H and O–H groups in total. The van der Waals surface area contributed by atoms with Crippen LogP contribution in [0, 0.1) is 0 Å². The van der Waals surface area contributed by atoms with Crippen molar-refractivity contribution in [3.63, 3.8) is 0 Å². The maximum atomic E-state index is 13.1. The number of carbonyl (C=O) groups excluding carboxylic acids is 1. The monoisotopic (exact) mass is 426 g/mol. The average Bonchev–Trinajstić information content (AvgIpc) is 3.07. The molecule has 2 aromatic rings. The molecule has 7 nitrogen and oxygen atoms in total. The minimum absolute atomic E-state index is 0.0503. The molecule has 0 radical (unpaired) electrons. The number of hydrogen-bond acceptors (Lipinski definition) is 5. The van der Waals surface area contributed by atoms with Gasteiger partial charge in [-0.15, -0.1) is 10.2 Å². The second-order valence-electron chi connectivity index (χ2n) is 6.52. The van der Waals surface area contributed by atoms with Crippen LogP contribution in [0.5, 0.6) is 0 Å². The van der Waals surface area contributed by atoms with Gasteiger partial charge in [-0.25, -0.2) is 0 Å². The summed E-state index contributed by atoms with van der Waals surface area (Å²) in [6.45, 7) is 2.00. The zero-order chi connectivity index (χ0) is 21.3. The van der Waals surface area contributed by atoms with E-state index in [9.17, 15) is 18.0 Å². The average molecular weight is 427 g/mol. The fraction of sp³-hybridized carbons (Fsp3) is 0.278. The minimum Gasteiger partial charge on any atom is -0.405 e. The van der Waals surface area contributed by atoms with Gasteiger partial charge in [0.05, 0.1) is 16.3 Å². The van der Waals surface area contributed by atoms with Gasteiger partial charge < -0.3 is 16.4 Å². The number of halogens is 4. The molecule has 0 fully saturated rings. The van der Waals surface area contributed by atoms with Crippen LogP contribution in [-0.2, 0) is 19.3 Å². The van der Waals surface area contributed by atoms with Gasteiger partial charge in [0, 0.05) is 19.1 Å². The van der Waals surface area contributed by atoms with Crippen molar-refractivity contribution in [1.82, 2.24) is 19.7 Å². The van der Waals surface area contributed by atoms with Crippen LogP contribution in [0.4, 0.5) is 13.2 Å². The van der Waals surface area contributed by atoms with Crippen LogP contribution in [0.3, 0.4) is 0 Å². The molecule has 1 amide bonds. The third kappa shape index (κ3) is 3.93. The Morgan fingerprint density at radius 3 is 2.76 bits per heavy atom. The molecule has 1 aromatic heterocycles. The molecule has 1 aliphatic rings. The largest absolute Gasteiger partial charge is 0.417 e. The van der Waals surface area contributed by atoms with E-state index in [4.69, 9.17) is 23.1 Å². The topological polar surface area (TPSA) is 103 Å². The molecule has 2 heterocycles. The molecule has 0 aliphatic carbocycles. The van der Waals surface area contributed by atoms with Gasteiger partial charge >= 0.3 is 6.18 Å². The van der Waals surface area contributed by atoms with E-state index in [2.05, 4.69) is 10.2 Å². The van der Waals surface area contributed by atoms with E-state index in [1.807, 2.05) is 0 Å². The Kier molecular flexibility index (Phi) is 5.56. The number of alkyl halides is 3. The number of nitrogens with two attached hydrogens (primary N) is 2. The van der Waals surface area contributed by atoms with Crippen molar-refractivity contribution in [2.75, 3.05) is 0 Å². The van der Waals surface area contributed by atoms with Crippen LogP contribution >= 0.6 is 11.6 Å². The van der Waals surface area contributed by atoms with Gasteiger partial charge in [-0.05, 0) is 36.9 Å². The fourth-order valence-electron chi connectivity index (χ4n) is 3.10. The number of allylic oxidation sites excluding steroid dienone is 2. The Morgan fingerprint density at radius 2 is 2.10 bits per heavy atom. The molecular weight excluding hydrogens is 409 g/mol. The summed E-state index contributed by atoms with van der Waals surface area (Å²) in [6.07, 6.45) is -0.232. The Balaban J connectivity index is 1.92. The molecule has 1 aromatic carbocycles. The van der Waals surface area contributed by atoms with Gasteiger partial charge in [0.1, 0.15) is 0 Å². The van der Waals surface area contributed by atoms with Crippen molar-refractivity contribution >= 4 is 23.2 Å². The molecule has 154 valence electrons. The zero-order valence-electron chi connectivity index (χ0n) is 15.3. The standard InChI is InChI=1S/C18H18ClF3N6O/c1-10-8-28-15(13(24)6-3-7-23)25-26-16(28)17(29)27(10)9-11-4-2-5-12(14(11)19)18(20,21)22/h2-7,10H,8-9,23-24H2,1H3/b7-3-,13-6-. The lowest BCUT2D eigenvalue weighted by Gasteiger charge is -2.34. The molecular formula is C18H18ClF3N6O. The zero-order valence-corrected chi connectivity index (χ0v) is 16.1. The maximum Gasteiger partial charge on any atom is 0.417 e. The van der Waals surface area contributed by atoms with Gasteiger partial charge in [0.15, 0.2) is 5.82 Å². The number of fused-ring (bicyclic) bond motifs is 1. The Labute approximate surface area is 169 Å². The highest BCUT2D eigenvalue weighted by molar-refractivity contribution is 6.32. The summed E-state index contributed by atoms with van der Waals surface area (Å²) in [5.74, 6) is -0.109. The smallest absolute Gasteiger partial charge is 0.405 e. The van der Waals surface area contributed by atoms with E-state index >= 15 is 0 Å². The number of rotatable bonds is 4. The summed E-state index contributed by atoms with van der Waals surface area (Å²) in [7, 11) is 0. The van der Waals surface area contributed by atoms with E-state index in [0.717, 1.165) is 6.07 Å². The molecule has 0 saturated heterocycles. The lowest BCUT2D eigenvalue weighted by Crippen LogP contribution is -2.46. The molecule has 1 aliphatic heterocycles. The quantitative estimate of drug-likeness (QED) is 0.732. The van der Waals surface area contributed by atoms with Crippen LogP contribution in [0.25, 0.3) is 5.70 Å². The number of aromatic nitrogens is 3. The molecule has 1 unspecified atom stereocenters. The highest BCUT2D eigenvalue weighted by Gasteiger charge is 2.37. The fourth-order valence-corrected chi connectivity index (χ4v) is 3.40. The number of nitrogens with zero attached hydrogens (tertiary/aromatic N) is 4. The van der Waals surface area contributed by atoms with E-state index in [0.29, 0.717) is 12.4 Å². The van der Waals surface area contributed by atoms with E-state index in [-0.39, 0.29) is 29.7 Å². The lowest BCUT2D eigenvalue weighted by atomic mass is 10.1. The predicted molar refractivity (Wildman–Crippen MR) is 101 cm³/mol. The van der Waals surface area contributed by atoms with E-state index in [1.165, 1.54) is 35.4 Å². The SMILES string of the molecule is CC1Cn2c(nnc2/C(N)=C/C=C\N)C(=O)N1Cc1cccc(C(F)(F)F)c1Cl. The van der Waals surface area contributed by atoms with Gasteiger partial charge in [-0.2, -0.15) is 13.2 Å². The van der Waals surface area contributed by atoms with Crippen LogP contribution in [0.15, 0.2) is 36.6 Å². The minimum atomic E-state index is -4.58. The summed E-state index contributed by atoms with van der Waals surface area (Å²) in [6, 6.07) is 3.27. The second kappa shape index (κ2) is 7.78. The van der Waals surface area contributed by atoms with E-state index < -0.39 is 22.7 Å². The summed E-state index contributed by atoms with van der Waals surface area (Å²) in [5, 5.41) is 7.45. The predicted octanol–water partition coefficient (Wildman–Crippen LogP) is 2.77. The Bertz CT molecular complexity index is 998. The lowest BCUT2D eigenvalue weighted by molar-refractivity contribution is -0.137. The molecule has 0 saturated carbocycles.